The molecule has 0 radical (unpaired) electrons. The van der Waals surface area contributed by atoms with Crippen LogP contribution in [-0.4, -0.2) is 33.8 Å². The van der Waals surface area contributed by atoms with Gasteiger partial charge in [0.1, 0.15) is 0 Å². The Morgan fingerprint density at radius 2 is 1.90 bits per heavy atom. The Labute approximate surface area is 181 Å². The summed E-state index contributed by atoms with van der Waals surface area (Å²) in [6, 6.07) is 9.89. The van der Waals surface area contributed by atoms with Crippen LogP contribution in [0.2, 0.25) is 0 Å². The van der Waals surface area contributed by atoms with Gasteiger partial charge in [-0.1, -0.05) is 42.1 Å². The summed E-state index contributed by atoms with van der Waals surface area (Å²) in [4.78, 5) is 47.6. The Bertz CT molecular complexity index is 1100. The molecule has 2 aromatic heterocycles. The van der Waals surface area contributed by atoms with Crippen molar-refractivity contribution in [3.63, 3.8) is 0 Å². The number of thiazole rings is 1. The van der Waals surface area contributed by atoms with E-state index < -0.39 is 0 Å². The van der Waals surface area contributed by atoms with Crippen LogP contribution in [0.25, 0.3) is 0 Å². The number of thioether (sulfide) groups is 1. The number of aromatic amines is 1. The molecule has 2 amide bonds. The Kier molecular flexibility index (Phi) is 7.36. The van der Waals surface area contributed by atoms with Gasteiger partial charge in [0.2, 0.25) is 11.8 Å². The van der Waals surface area contributed by atoms with E-state index >= 15 is 0 Å². The van der Waals surface area contributed by atoms with Gasteiger partial charge in [-0.3, -0.25) is 14.4 Å². The molecule has 0 aliphatic rings. The number of carbonyl (C=O) groups is 2. The minimum Gasteiger partial charge on any atom is -0.359 e. The zero-order chi connectivity index (χ0) is 21.5. The summed E-state index contributed by atoms with van der Waals surface area (Å²) in [7, 11) is 1.55. The van der Waals surface area contributed by atoms with Gasteiger partial charge >= 0.3 is 0 Å². The number of hydrogen-bond acceptors (Lipinski definition) is 7. The van der Waals surface area contributed by atoms with Gasteiger partial charge < -0.3 is 15.6 Å². The Morgan fingerprint density at radius 3 is 2.60 bits per heavy atom. The molecular formula is C20H21N5O3S2. The molecule has 2 heterocycles. The summed E-state index contributed by atoms with van der Waals surface area (Å²) < 4.78 is 0. The van der Waals surface area contributed by atoms with Crippen LogP contribution in [-0.2, 0) is 28.2 Å². The number of likely N-dealkylation sites (N-methyl/N-ethyl adjacent to an activating group) is 1. The molecule has 0 bridgehead atoms. The van der Waals surface area contributed by atoms with Crippen molar-refractivity contribution >= 4 is 40.0 Å². The summed E-state index contributed by atoms with van der Waals surface area (Å²) in [5, 5.41) is 7.81. The smallest absolute Gasteiger partial charge is 0.255 e. The molecule has 3 rings (SSSR count). The van der Waals surface area contributed by atoms with Crippen LogP contribution < -0.4 is 16.2 Å². The second-order valence-corrected chi connectivity index (χ2v) is 8.25. The third-order valence-electron chi connectivity index (χ3n) is 4.17. The number of benzene rings is 1. The van der Waals surface area contributed by atoms with Crippen molar-refractivity contribution < 1.29 is 9.59 Å². The Balaban J connectivity index is 1.61. The standard InChI is InChI=1S/C20H21N5O3S2/c1-12-15(9-17(27)24-20-23-14(11-30-20)8-16(26)21-2)18(28)25-19(22-12)29-10-13-6-4-3-5-7-13/h3-7,11H,8-10H2,1-2H3,(H,21,26)(H,22,25,28)(H,23,24,27). The lowest BCUT2D eigenvalue weighted by Gasteiger charge is -2.07. The fourth-order valence-electron chi connectivity index (χ4n) is 2.61. The van der Waals surface area contributed by atoms with Crippen molar-refractivity contribution in [1.29, 1.82) is 0 Å². The lowest BCUT2D eigenvalue weighted by Crippen LogP contribution is -2.24. The second kappa shape index (κ2) is 10.2. The monoisotopic (exact) mass is 443 g/mol. The topological polar surface area (TPSA) is 117 Å². The number of H-pyrrole nitrogens is 1. The van der Waals surface area contributed by atoms with E-state index in [1.807, 2.05) is 30.3 Å². The Hall–Kier alpha value is -2.98. The molecule has 3 N–H and O–H groups in total. The van der Waals surface area contributed by atoms with Gasteiger partial charge in [-0.15, -0.1) is 11.3 Å². The first-order chi connectivity index (χ1) is 14.4. The number of aryl methyl sites for hydroxylation is 1. The predicted octanol–water partition coefficient (Wildman–Crippen LogP) is 2.30. The van der Waals surface area contributed by atoms with E-state index in [1.54, 1.807) is 19.4 Å². The SMILES string of the molecule is CNC(=O)Cc1csc(NC(=O)Cc2c(C)nc(SCc3ccccc3)[nH]c2=O)n1. The maximum atomic E-state index is 12.5. The molecule has 0 saturated heterocycles. The zero-order valence-electron chi connectivity index (χ0n) is 16.5. The first-order valence-electron chi connectivity index (χ1n) is 9.16. The Morgan fingerprint density at radius 1 is 1.13 bits per heavy atom. The lowest BCUT2D eigenvalue weighted by atomic mass is 10.1. The molecule has 0 spiro atoms. The third-order valence-corrected chi connectivity index (χ3v) is 5.93. The molecule has 3 aromatic rings. The van der Waals surface area contributed by atoms with E-state index in [9.17, 15) is 14.4 Å². The molecule has 0 fully saturated rings. The maximum Gasteiger partial charge on any atom is 0.255 e. The van der Waals surface area contributed by atoms with Crippen LogP contribution in [0.3, 0.4) is 0 Å². The van der Waals surface area contributed by atoms with Crippen molar-refractivity contribution in [3.05, 3.63) is 68.6 Å². The van der Waals surface area contributed by atoms with E-state index in [4.69, 9.17) is 0 Å². The normalized spacial score (nSPS) is 10.6. The van der Waals surface area contributed by atoms with E-state index in [2.05, 4.69) is 25.6 Å². The number of nitrogens with zero attached hydrogens (tertiary/aromatic N) is 2. The first kappa shape index (κ1) is 21.7. The molecular weight excluding hydrogens is 422 g/mol. The molecule has 30 heavy (non-hydrogen) atoms. The predicted molar refractivity (Wildman–Crippen MR) is 118 cm³/mol. The van der Waals surface area contributed by atoms with Crippen LogP contribution in [0.1, 0.15) is 22.5 Å². The summed E-state index contributed by atoms with van der Waals surface area (Å²) in [6.45, 7) is 1.72. The van der Waals surface area contributed by atoms with Crippen molar-refractivity contribution in [2.24, 2.45) is 0 Å². The van der Waals surface area contributed by atoms with E-state index in [0.29, 0.717) is 33.0 Å². The van der Waals surface area contributed by atoms with Crippen molar-refractivity contribution in [1.82, 2.24) is 20.3 Å². The third kappa shape index (κ3) is 6.01. The molecule has 0 aliphatic carbocycles. The van der Waals surface area contributed by atoms with Crippen LogP contribution >= 0.6 is 23.1 Å². The maximum absolute atomic E-state index is 12.5. The summed E-state index contributed by atoms with van der Waals surface area (Å²) in [5.74, 6) is 0.165. The number of carbonyl (C=O) groups excluding carboxylic acids is 2. The summed E-state index contributed by atoms with van der Waals surface area (Å²) in [6.07, 6.45) is 0.0375. The molecule has 1 aromatic carbocycles. The highest BCUT2D eigenvalue weighted by Gasteiger charge is 2.15. The average Bonchev–Trinajstić information content (AvgIpc) is 3.16. The van der Waals surface area contributed by atoms with Crippen molar-refractivity contribution in [2.45, 2.75) is 30.7 Å². The average molecular weight is 444 g/mol. The minimum atomic E-state index is -0.365. The lowest BCUT2D eigenvalue weighted by molar-refractivity contribution is -0.120. The molecule has 10 heteroatoms. The fraction of sp³-hybridized carbons (Fsp3) is 0.250. The van der Waals surface area contributed by atoms with Gasteiger partial charge in [0, 0.05) is 29.4 Å². The number of aromatic nitrogens is 3. The molecule has 0 aliphatic heterocycles. The molecule has 0 saturated carbocycles. The van der Waals surface area contributed by atoms with Crippen LogP contribution in [0.5, 0.6) is 0 Å². The van der Waals surface area contributed by atoms with Gasteiger partial charge in [0.15, 0.2) is 10.3 Å². The molecule has 0 atom stereocenters. The van der Waals surface area contributed by atoms with Crippen LogP contribution in [0, 0.1) is 6.92 Å². The van der Waals surface area contributed by atoms with Crippen LogP contribution in [0.4, 0.5) is 5.13 Å². The van der Waals surface area contributed by atoms with E-state index in [1.165, 1.54) is 23.1 Å². The quantitative estimate of drug-likeness (QED) is 0.363. The van der Waals surface area contributed by atoms with Gasteiger partial charge in [-0.25, -0.2) is 9.97 Å². The second-order valence-electron chi connectivity index (χ2n) is 6.43. The zero-order valence-corrected chi connectivity index (χ0v) is 18.2. The number of amides is 2. The molecule has 8 nitrogen and oxygen atoms in total. The van der Waals surface area contributed by atoms with Gasteiger partial charge in [-0.05, 0) is 12.5 Å². The van der Waals surface area contributed by atoms with Crippen molar-refractivity contribution in [2.75, 3.05) is 12.4 Å². The highest BCUT2D eigenvalue weighted by Crippen LogP contribution is 2.19. The first-order valence-corrected chi connectivity index (χ1v) is 11.0. The van der Waals surface area contributed by atoms with Crippen molar-refractivity contribution in [3.8, 4) is 0 Å². The van der Waals surface area contributed by atoms with Gasteiger partial charge in [0.05, 0.1) is 18.5 Å². The molecule has 0 unspecified atom stereocenters. The largest absolute Gasteiger partial charge is 0.359 e. The highest BCUT2D eigenvalue weighted by molar-refractivity contribution is 7.98. The summed E-state index contributed by atoms with van der Waals surface area (Å²) >= 11 is 2.66. The number of rotatable bonds is 8. The van der Waals surface area contributed by atoms with Crippen LogP contribution in [0.15, 0.2) is 45.7 Å². The number of hydrogen-bond donors (Lipinski definition) is 3. The molecule has 156 valence electrons. The van der Waals surface area contributed by atoms with E-state index in [-0.39, 0.29) is 30.2 Å². The van der Waals surface area contributed by atoms with Gasteiger partial charge in [-0.2, -0.15) is 0 Å². The minimum absolute atomic E-state index is 0.109. The number of nitrogens with one attached hydrogen (secondary N) is 3. The number of anilines is 1. The van der Waals surface area contributed by atoms with Gasteiger partial charge in [0.25, 0.3) is 5.56 Å². The fourth-order valence-corrected chi connectivity index (χ4v) is 4.20. The highest BCUT2D eigenvalue weighted by atomic mass is 32.2. The van der Waals surface area contributed by atoms with E-state index in [0.717, 1.165) is 5.56 Å². The summed E-state index contributed by atoms with van der Waals surface area (Å²) in [5.41, 5.74) is 2.21.